The monoisotopic (exact) mass is 257 g/mol. The Morgan fingerprint density at radius 3 is 2.89 bits per heavy atom. The summed E-state index contributed by atoms with van der Waals surface area (Å²) in [6, 6.07) is 10.5. The van der Waals surface area contributed by atoms with Crippen LogP contribution < -0.4 is 5.32 Å². The van der Waals surface area contributed by atoms with E-state index >= 15 is 0 Å². The van der Waals surface area contributed by atoms with Gasteiger partial charge in [0.2, 0.25) is 0 Å². The van der Waals surface area contributed by atoms with E-state index in [2.05, 4.69) is 18.3 Å². The molecule has 2 rings (SSSR count). The van der Waals surface area contributed by atoms with Crippen LogP contribution in [-0.2, 0) is 6.54 Å². The Kier molecular flexibility index (Phi) is 3.98. The second-order valence-corrected chi connectivity index (χ2v) is 4.48. The Morgan fingerprint density at radius 2 is 2.21 bits per heavy atom. The smallest absolute Gasteiger partial charge is 0.123 e. The number of halogens is 1. The van der Waals surface area contributed by atoms with E-state index in [1.807, 2.05) is 29.9 Å². The number of benzene rings is 1. The lowest BCUT2D eigenvalue weighted by Gasteiger charge is -2.15. The van der Waals surface area contributed by atoms with Crippen molar-refractivity contribution in [3.63, 3.8) is 0 Å². The van der Waals surface area contributed by atoms with Crippen LogP contribution in [0.3, 0.4) is 0 Å². The Bertz CT molecular complexity index is 610. The van der Waals surface area contributed by atoms with E-state index in [4.69, 9.17) is 5.26 Å². The predicted octanol–water partition coefficient (Wildman–Crippen LogP) is 2.83. The van der Waals surface area contributed by atoms with Crippen molar-refractivity contribution in [1.29, 1.82) is 5.26 Å². The third-order valence-electron chi connectivity index (χ3n) is 3.27. The molecule has 19 heavy (non-hydrogen) atoms. The van der Waals surface area contributed by atoms with Gasteiger partial charge < -0.3 is 9.88 Å². The molecule has 0 aliphatic carbocycles. The van der Waals surface area contributed by atoms with Crippen LogP contribution in [-0.4, -0.2) is 11.6 Å². The SMILES string of the molecule is CNC(C)c1cccn1Cc1cc(F)ccc1C#N. The Morgan fingerprint density at radius 1 is 1.42 bits per heavy atom. The van der Waals surface area contributed by atoms with Crippen LogP contribution in [0.25, 0.3) is 0 Å². The van der Waals surface area contributed by atoms with Crippen molar-refractivity contribution in [3.8, 4) is 6.07 Å². The van der Waals surface area contributed by atoms with E-state index in [1.54, 1.807) is 0 Å². The summed E-state index contributed by atoms with van der Waals surface area (Å²) in [6.45, 7) is 2.55. The standard InChI is InChI=1S/C15H16FN3/c1-11(18-2)15-4-3-7-19(15)10-13-8-14(16)6-5-12(13)9-17/h3-8,11,18H,10H2,1-2H3. The molecule has 1 aromatic heterocycles. The van der Waals surface area contributed by atoms with Crippen LogP contribution in [0, 0.1) is 17.1 Å². The molecule has 0 aliphatic rings. The van der Waals surface area contributed by atoms with Crippen molar-refractivity contribution in [1.82, 2.24) is 9.88 Å². The molecule has 0 aliphatic heterocycles. The third-order valence-corrected chi connectivity index (χ3v) is 3.27. The minimum Gasteiger partial charge on any atom is -0.346 e. The summed E-state index contributed by atoms with van der Waals surface area (Å²) < 4.78 is 15.3. The number of aromatic nitrogens is 1. The molecule has 1 aromatic carbocycles. The van der Waals surface area contributed by atoms with Gasteiger partial charge in [-0.15, -0.1) is 0 Å². The van der Waals surface area contributed by atoms with E-state index in [0.717, 1.165) is 5.69 Å². The maximum Gasteiger partial charge on any atom is 0.123 e. The quantitative estimate of drug-likeness (QED) is 0.915. The minimum absolute atomic E-state index is 0.203. The van der Waals surface area contributed by atoms with Crippen LogP contribution in [0.4, 0.5) is 4.39 Å². The number of nitrogens with zero attached hydrogens (tertiary/aromatic N) is 2. The zero-order valence-corrected chi connectivity index (χ0v) is 11.0. The Balaban J connectivity index is 2.34. The highest BCUT2D eigenvalue weighted by Gasteiger charge is 2.10. The molecular weight excluding hydrogens is 241 g/mol. The van der Waals surface area contributed by atoms with Gasteiger partial charge in [-0.2, -0.15) is 5.26 Å². The van der Waals surface area contributed by atoms with Gasteiger partial charge in [0, 0.05) is 24.5 Å². The number of rotatable bonds is 4. The van der Waals surface area contributed by atoms with Gasteiger partial charge in [0.1, 0.15) is 5.82 Å². The first-order valence-electron chi connectivity index (χ1n) is 6.16. The fourth-order valence-corrected chi connectivity index (χ4v) is 2.10. The van der Waals surface area contributed by atoms with E-state index in [-0.39, 0.29) is 11.9 Å². The summed E-state index contributed by atoms with van der Waals surface area (Å²) in [7, 11) is 1.89. The molecule has 1 heterocycles. The fourth-order valence-electron chi connectivity index (χ4n) is 2.10. The molecule has 0 bridgehead atoms. The molecule has 0 radical (unpaired) electrons. The van der Waals surface area contributed by atoms with Crippen molar-refractivity contribution >= 4 is 0 Å². The lowest BCUT2D eigenvalue weighted by atomic mass is 10.1. The maximum atomic E-state index is 13.3. The molecule has 0 saturated carbocycles. The molecule has 0 saturated heterocycles. The van der Waals surface area contributed by atoms with Crippen LogP contribution in [0.5, 0.6) is 0 Å². The summed E-state index contributed by atoms with van der Waals surface area (Å²) in [5.74, 6) is -0.315. The lowest BCUT2D eigenvalue weighted by Crippen LogP contribution is -2.17. The van der Waals surface area contributed by atoms with Crippen LogP contribution >= 0.6 is 0 Å². The second-order valence-electron chi connectivity index (χ2n) is 4.48. The zero-order valence-electron chi connectivity index (χ0n) is 11.0. The molecule has 4 heteroatoms. The van der Waals surface area contributed by atoms with E-state index in [9.17, 15) is 4.39 Å². The molecule has 1 unspecified atom stereocenters. The van der Waals surface area contributed by atoms with Crippen molar-refractivity contribution in [3.05, 3.63) is 59.2 Å². The van der Waals surface area contributed by atoms with Crippen molar-refractivity contribution in [2.75, 3.05) is 7.05 Å². The molecule has 0 amide bonds. The third kappa shape index (κ3) is 2.83. The first kappa shape index (κ1) is 13.3. The average molecular weight is 257 g/mol. The number of nitrogens with one attached hydrogen (secondary N) is 1. The largest absolute Gasteiger partial charge is 0.346 e. The van der Waals surface area contributed by atoms with Crippen LogP contribution in [0.2, 0.25) is 0 Å². The first-order valence-corrected chi connectivity index (χ1v) is 6.16. The summed E-state index contributed by atoms with van der Waals surface area (Å²) in [5.41, 5.74) is 2.32. The summed E-state index contributed by atoms with van der Waals surface area (Å²) in [4.78, 5) is 0. The molecule has 1 atom stereocenters. The van der Waals surface area contributed by atoms with Gasteiger partial charge >= 0.3 is 0 Å². The van der Waals surface area contributed by atoms with Crippen molar-refractivity contribution in [2.45, 2.75) is 19.5 Å². The highest BCUT2D eigenvalue weighted by Crippen LogP contribution is 2.17. The number of nitriles is 1. The van der Waals surface area contributed by atoms with Gasteiger partial charge in [-0.1, -0.05) is 0 Å². The maximum absolute atomic E-state index is 13.3. The van der Waals surface area contributed by atoms with Crippen molar-refractivity contribution < 1.29 is 4.39 Å². The topological polar surface area (TPSA) is 40.8 Å². The van der Waals surface area contributed by atoms with E-state index in [1.165, 1.54) is 18.2 Å². The molecule has 3 nitrogen and oxygen atoms in total. The van der Waals surface area contributed by atoms with Gasteiger partial charge in [-0.05, 0) is 49.9 Å². The molecule has 98 valence electrons. The number of hydrogen-bond acceptors (Lipinski definition) is 2. The highest BCUT2D eigenvalue weighted by molar-refractivity contribution is 5.38. The van der Waals surface area contributed by atoms with Crippen LogP contribution in [0.1, 0.15) is 29.8 Å². The summed E-state index contributed by atoms with van der Waals surface area (Å²) >= 11 is 0. The molecule has 2 aromatic rings. The van der Waals surface area contributed by atoms with Gasteiger partial charge in [0.25, 0.3) is 0 Å². The number of hydrogen-bond donors (Lipinski definition) is 1. The molecule has 0 spiro atoms. The molecule has 1 N–H and O–H groups in total. The molecular formula is C15H16FN3. The summed E-state index contributed by atoms with van der Waals surface area (Å²) in [6.07, 6.45) is 1.94. The van der Waals surface area contributed by atoms with Crippen LogP contribution in [0.15, 0.2) is 36.5 Å². The summed E-state index contributed by atoms with van der Waals surface area (Å²) in [5, 5.41) is 12.2. The minimum atomic E-state index is -0.315. The van der Waals surface area contributed by atoms with Gasteiger partial charge in [-0.25, -0.2) is 4.39 Å². The van der Waals surface area contributed by atoms with E-state index < -0.39 is 0 Å². The fraction of sp³-hybridized carbons (Fsp3) is 0.267. The Hall–Kier alpha value is -2.12. The zero-order chi connectivity index (χ0) is 13.8. The second kappa shape index (κ2) is 5.68. The average Bonchev–Trinajstić information content (AvgIpc) is 2.86. The van der Waals surface area contributed by atoms with Gasteiger partial charge in [-0.3, -0.25) is 0 Å². The molecule has 0 fully saturated rings. The van der Waals surface area contributed by atoms with E-state index in [0.29, 0.717) is 17.7 Å². The van der Waals surface area contributed by atoms with Crippen molar-refractivity contribution in [2.24, 2.45) is 0 Å². The van der Waals surface area contributed by atoms with Gasteiger partial charge in [0.15, 0.2) is 0 Å². The normalized spacial score (nSPS) is 12.1. The Labute approximate surface area is 112 Å². The predicted molar refractivity (Wildman–Crippen MR) is 72.1 cm³/mol. The first-order chi connectivity index (χ1) is 9.15. The highest BCUT2D eigenvalue weighted by atomic mass is 19.1. The lowest BCUT2D eigenvalue weighted by molar-refractivity contribution is 0.586. The van der Waals surface area contributed by atoms with Gasteiger partial charge in [0.05, 0.1) is 11.6 Å².